The Morgan fingerprint density at radius 1 is 1.35 bits per heavy atom. The third kappa shape index (κ3) is 2.66. The summed E-state index contributed by atoms with van der Waals surface area (Å²) in [7, 11) is 1.76. The Bertz CT molecular complexity index is 555. The van der Waals surface area contributed by atoms with E-state index in [1.54, 1.807) is 42.3 Å². The summed E-state index contributed by atoms with van der Waals surface area (Å²) in [6.07, 6.45) is 6.70. The van der Waals surface area contributed by atoms with Crippen molar-refractivity contribution in [1.82, 2.24) is 14.8 Å². The summed E-state index contributed by atoms with van der Waals surface area (Å²) in [6.45, 7) is 1.86. The number of allylic oxidation sites excluding steroid dienone is 1. The number of carbonyl (C=O) groups excluding carboxylic acids is 1. The number of ketones is 1. The normalized spacial score (nSPS) is 10.9. The van der Waals surface area contributed by atoms with Crippen LogP contribution in [0.5, 0.6) is 0 Å². The SMILES string of the molecule is Cc1cc(C(=O)/C=C/c2ccncc2)n(C)n1. The van der Waals surface area contributed by atoms with Crippen LogP contribution in [0.25, 0.3) is 6.08 Å². The van der Waals surface area contributed by atoms with Crippen molar-refractivity contribution in [3.05, 3.63) is 53.6 Å². The van der Waals surface area contributed by atoms with Gasteiger partial charge in [0.25, 0.3) is 0 Å². The van der Waals surface area contributed by atoms with Crippen molar-refractivity contribution >= 4 is 11.9 Å². The van der Waals surface area contributed by atoms with Crippen LogP contribution in [0.4, 0.5) is 0 Å². The maximum Gasteiger partial charge on any atom is 0.203 e. The highest BCUT2D eigenvalue weighted by Gasteiger charge is 2.08. The molecule has 86 valence electrons. The number of aryl methyl sites for hydroxylation is 2. The fourth-order valence-electron chi connectivity index (χ4n) is 1.57. The molecule has 0 fully saturated rings. The predicted octanol–water partition coefficient (Wildman–Crippen LogP) is 2.02. The average molecular weight is 227 g/mol. The number of hydrogen-bond donors (Lipinski definition) is 0. The molecule has 0 aromatic carbocycles. The minimum atomic E-state index is -0.0510. The van der Waals surface area contributed by atoms with Gasteiger partial charge in [0.2, 0.25) is 5.78 Å². The minimum Gasteiger partial charge on any atom is -0.288 e. The van der Waals surface area contributed by atoms with E-state index in [2.05, 4.69) is 10.1 Å². The molecule has 0 aliphatic rings. The van der Waals surface area contributed by atoms with Crippen molar-refractivity contribution in [1.29, 1.82) is 0 Å². The second-order valence-electron chi connectivity index (χ2n) is 3.77. The average Bonchev–Trinajstić information content (AvgIpc) is 2.67. The first-order chi connectivity index (χ1) is 8.16. The lowest BCUT2D eigenvalue weighted by Crippen LogP contribution is -2.03. The standard InChI is InChI=1S/C13H13N3O/c1-10-9-12(16(2)15-10)13(17)4-3-11-5-7-14-8-6-11/h3-9H,1-2H3/b4-3+. The molecule has 2 heterocycles. The van der Waals surface area contributed by atoms with Gasteiger partial charge in [-0.2, -0.15) is 5.10 Å². The topological polar surface area (TPSA) is 47.8 Å². The van der Waals surface area contributed by atoms with Crippen LogP contribution < -0.4 is 0 Å². The first-order valence-electron chi connectivity index (χ1n) is 5.30. The fraction of sp³-hybridized carbons (Fsp3) is 0.154. The molecule has 4 nitrogen and oxygen atoms in total. The lowest BCUT2D eigenvalue weighted by Gasteiger charge is -1.95. The maximum atomic E-state index is 11.9. The molecule has 0 saturated carbocycles. The second-order valence-corrected chi connectivity index (χ2v) is 3.77. The first kappa shape index (κ1) is 11.3. The Morgan fingerprint density at radius 3 is 2.65 bits per heavy atom. The molecular formula is C13H13N3O. The van der Waals surface area contributed by atoms with Gasteiger partial charge in [-0.05, 0) is 36.8 Å². The maximum absolute atomic E-state index is 11.9. The molecule has 0 N–H and O–H groups in total. The van der Waals surface area contributed by atoms with Crippen LogP contribution in [-0.4, -0.2) is 20.5 Å². The van der Waals surface area contributed by atoms with Crippen LogP contribution in [0.3, 0.4) is 0 Å². The smallest absolute Gasteiger partial charge is 0.203 e. The van der Waals surface area contributed by atoms with Crippen LogP contribution in [-0.2, 0) is 7.05 Å². The van der Waals surface area contributed by atoms with Gasteiger partial charge >= 0.3 is 0 Å². The molecule has 0 unspecified atom stereocenters. The molecule has 0 saturated heterocycles. The van der Waals surface area contributed by atoms with E-state index < -0.39 is 0 Å². The van der Waals surface area contributed by atoms with E-state index in [0.29, 0.717) is 5.69 Å². The van der Waals surface area contributed by atoms with E-state index in [-0.39, 0.29) is 5.78 Å². The lowest BCUT2D eigenvalue weighted by atomic mass is 10.2. The summed E-state index contributed by atoms with van der Waals surface area (Å²) in [5.41, 5.74) is 2.38. The van der Waals surface area contributed by atoms with E-state index in [4.69, 9.17) is 0 Å². The summed E-state index contributed by atoms with van der Waals surface area (Å²) in [5.74, 6) is -0.0510. The first-order valence-corrected chi connectivity index (χ1v) is 5.30. The van der Waals surface area contributed by atoms with E-state index in [1.165, 1.54) is 0 Å². The van der Waals surface area contributed by atoms with Crippen LogP contribution in [0.1, 0.15) is 21.7 Å². The van der Waals surface area contributed by atoms with Crippen molar-refractivity contribution in [2.75, 3.05) is 0 Å². The van der Waals surface area contributed by atoms with E-state index in [1.807, 2.05) is 19.1 Å². The van der Waals surface area contributed by atoms with E-state index >= 15 is 0 Å². The molecule has 2 aromatic rings. The third-order valence-electron chi connectivity index (χ3n) is 2.39. The van der Waals surface area contributed by atoms with Gasteiger partial charge in [0.05, 0.1) is 5.69 Å². The van der Waals surface area contributed by atoms with Crippen LogP contribution >= 0.6 is 0 Å². The number of nitrogens with zero attached hydrogens (tertiary/aromatic N) is 3. The molecule has 17 heavy (non-hydrogen) atoms. The number of hydrogen-bond acceptors (Lipinski definition) is 3. The van der Waals surface area contributed by atoms with Crippen LogP contribution in [0.2, 0.25) is 0 Å². The number of pyridine rings is 1. The Kier molecular flexibility index (Phi) is 3.14. The molecule has 0 amide bonds. The van der Waals surface area contributed by atoms with Gasteiger partial charge in [-0.3, -0.25) is 14.5 Å². The van der Waals surface area contributed by atoms with Crippen LogP contribution in [0.15, 0.2) is 36.7 Å². The van der Waals surface area contributed by atoms with Crippen molar-refractivity contribution in [2.45, 2.75) is 6.92 Å². The zero-order valence-corrected chi connectivity index (χ0v) is 9.79. The predicted molar refractivity (Wildman–Crippen MR) is 65.5 cm³/mol. The summed E-state index contributed by atoms with van der Waals surface area (Å²) < 4.78 is 1.59. The van der Waals surface area contributed by atoms with E-state index in [9.17, 15) is 4.79 Å². The monoisotopic (exact) mass is 227 g/mol. The van der Waals surface area contributed by atoms with Crippen molar-refractivity contribution in [3.8, 4) is 0 Å². The summed E-state index contributed by atoms with van der Waals surface area (Å²) in [4.78, 5) is 15.8. The third-order valence-corrected chi connectivity index (χ3v) is 2.39. The summed E-state index contributed by atoms with van der Waals surface area (Å²) >= 11 is 0. The van der Waals surface area contributed by atoms with Gasteiger partial charge < -0.3 is 0 Å². The molecule has 0 aliphatic heterocycles. The van der Waals surface area contributed by atoms with Crippen LogP contribution in [0, 0.1) is 6.92 Å². The van der Waals surface area contributed by atoms with Gasteiger partial charge in [0.1, 0.15) is 5.69 Å². The molecule has 4 heteroatoms. The zero-order chi connectivity index (χ0) is 12.3. The minimum absolute atomic E-state index is 0.0510. The molecule has 0 spiro atoms. The zero-order valence-electron chi connectivity index (χ0n) is 9.79. The second kappa shape index (κ2) is 4.74. The molecule has 2 rings (SSSR count). The summed E-state index contributed by atoms with van der Waals surface area (Å²) in [6, 6.07) is 5.47. The lowest BCUT2D eigenvalue weighted by molar-refractivity contribution is 0.103. The highest BCUT2D eigenvalue weighted by atomic mass is 16.1. The van der Waals surface area contributed by atoms with Gasteiger partial charge in [0, 0.05) is 19.4 Å². The summed E-state index contributed by atoms with van der Waals surface area (Å²) in [5, 5.41) is 4.14. The fourth-order valence-corrected chi connectivity index (χ4v) is 1.57. The van der Waals surface area contributed by atoms with Crippen molar-refractivity contribution < 1.29 is 4.79 Å². The van der Waals surface area contributed by atoms with Gasteiger partial charge in [-0.15, -0.1) is 0 Å². The molecular weight excluding hydrogens is 214 g/mol. The Balaban J connectivity index is 2.18. The Hall–Kier alpha value is -2.23. The molecule has 0 aliphatic carbocycles. The molecule has 0 bridgehead atoms. The number of carbonyl (C=O) groups is 1. The largest absolute Gasteiger partial charge is 0.288 e. The molecule has 2 aromatic heterocycles. The van der Waals surface area contributed by atoms with E-state index in [0.717, 1.165) is 11.3 Å². The van der Waals surface area contributed by atoms with Gasteiger partial charge in [-0.1, -0.05) is 6.08 Å². The van der Waals surface area contributed by atoms with Gasteiger partial charge in [0.15, 0.2) is 0 Å². The highest BCUT2D eigenvalue weighted by molar-refractivity contribution is 6.05. The highest BCUT2D eigenvalue weighted by Crippen LogP contribution is 2.06. The van der Waals surface area contributed by atoms with Gasteiger partial charge in [-0.25, -0.2) is 0 Å². The Labute approximate surface area is 99.6 Å². The molecule has 0 atom stereocenters. The van der Waals surface area contributed by atoms with Crippen molar-refractivity contribution in [3.63, 3.8) is 0 Å². The number of aromatic nitrogens is 3. The number of rotatable bonds is 3. The Morgan fingerprint density at radius 2 is 2.06 bits per heavy atom. The molecule has 0 radical (unpaired) electrons. The van der Waals surface area contributed by atoms with Crippen molar-refractivity contribution in [2.24, 2.45) is 7.05 Å². The quantitative estimate of drug-likeness (QED) is 0.595.